The van der Waals surface area contributed by atoms with Gasteiger partial charge in [-0.3, -0.25) is 0 Å². The molecule has 1 heteroatoms. The summed E-state index contributed by atoms with van der Waals surface area (Å²) in [6.45, 7) is 0. The fraction of sp³-hybridized carbons (Fsp3) is 0. The summed E-state index contributed by atoms with van der Waals surface area (Å²) >= 11 is 0. The Morgan fingerprint density at radius 3 is 1.33 bits per heavy atom. The summed E-state index contributed by atoms with van der Waals surface area (Å²) in [4.78, 5) is 0. The Labute approximate surface area is 123 Å². The smallest absolute Gasteiger partial charge is 0.0987 e. The molecule has 1 aromatic heterocycles. The van der Waals surface area contributed by atoms with E-state index in [-0.39, 0.29) is 0 Å². The van der Waals surface area contributed by atoms with Crippen LogP contribution >= 0.6 is 0 Å². The van der Waals surface area contributed by atoms with Crippen LogP contribution in [0.2, 0.25) is 0 Å². The second-order valence-electron chi connectivity index (χ2n) is 5.09. The zero-order valence-electron chi connectivity index (χ0n) is 11.5. The molecule has 100 valence electrons. The number of fused-ring (bicyclic) bond motifs is 1. The van der Waals surface area contributed by atoms with Crippen LogP contribution in [0.25, 0.3) is 33.0 Å². The van der Waals surface area contributed by atoms with E-state index in [1.807, 2.05) is 24.7 Å². The molecule has 0 saturated carbocycles. The lowest BCUT2D eigenvalue weighted by Crippen LogP contribution is -1.82. The first kappa shape index (κ1) is 12.0. The summed E-state index contributed by atoms with van der Waals surface area (Å²) < 4.78 is 5.49. The lowest BCUT2D eigenvalue weighted by atomic mass is 9.95. The summed E-state index contributed by atoms with van der Waals surface area (Å²) in [5.41, 5.74) is 4.84. The van der Waals surface area contributed by atoms with E-state index >= 15 is 0 Å². The second-order valence-corrected chi connectivity index (χ2v) is 5.09. The van der Waals surface area contributed by atoms with Gasteiger partial charge < -0.3 is 4.42 Å². The van der Waals surface area contributed by atoms with Crippen LogP contribution in [-0.4, -0.2) is 0 Å². The van der Waals surface area contributed by atoms with Crippen molar-refractivity contribution >= 4 is 10.8 Å². The molecular weight excluding hydrogens is 256 g/mol. The van der Waals surface area contributed by atoms with E-state index in [1.54, 1.807) is 0 Å². The van der Waals surface area contributed by atoms with Gasteiger partial charge in [-0.05, 0) is 22.3 Å². The van der Waals surface area contributed by atoms with E-state index in [2.05, 4.69) is 60.7 Å². The van der Waals surface area contributed by atoms with Crippen LogP contribution in [0.1, 0.15) is 0 Å². The van der Waals surface area contributed by atoms with Gasteiger partial charge in [0, 0.05) is 10.8 Å². The summed E-state index contributed by atoms with van der Waals surface area (Å²) in [7, 11) is 0. The van der Waals surface area contributed by atoms with E-state index in [0.717, 1.165) is 10.8 Å². The largest absolute Gasteiger partial charge is 0.471 e. The molecule has 0 saturated heterocycles. The molecule has 4 aromatic rings. The van der Waals surface area contributed by atoms with Crippen LogP contribution in [0.3, 0.4) is 0 Å². The summed E-state index contributed by atoms with van der Waals surface area (Å²) in [6.07, 6.45) is 3.67. The van der Waals surface area contributed by atoms with Gasteiger partial charge in [0.05, 0.1) is 12.5 Å². The van der Waals surface area contributed by atoms with Crippen LogP contribution in [0.15, 0.2) is 89.7 Å². The summed E-state index contributed by atoms with van der Waals surface area (Å²) in [5.74, 6) is 0. The molecular formula is C20H14O. The Bertz CT molecular complexity index is 800. The van der Waals surface area contributed by atoms with Gasteiger partial charge in [0.15, 0.2) is 0 Å². The van der Waals surface area contributed by atoms with Gasteiger partial charge in [-0.25, -0.2) is 0 Å². The molecule has 0 aliphatic heterocycles. The van der Waals surface area contributed by atoms with Gasteiger partial charge in [-0.15, -0.1) is 0 Å². The summed E-state index contributed by atoms with van der Waals surface area (Å²) in [6, 6.07) is 25.2. The molecule has 4 rings (SSSR count). The third kappa shape index (κ3) is 2.03. The van der Waals surface area contributed by atoms with Crippen LogP contribution < -0.4 is 0 Å². The standard InChI is InChI=1S/C20H14O/c1-3-7-15(8-4-1)17-11-12-18(16-9-5-2-6-10-16)20-14-21-13-19(17)20/h1-14H. The molecule has 0 N–H and O–H groups in total. The minimum Gasteiger partial charge on any atom is -0.471 e. The highest BCUT2D eigenvalue weighted by Gasteiger charge is 2.10. The predicted molar refractivity (Wildman–Crippen MR) is 87.1 cm³/mol. The maximum atomic E-state index is 5.49. The third-order valence-corrected chi connectivity index (χ3v) is 3.83. The van der Waals surface area contributed by atoms with E-state index in [9.17, 15) is 0 Å². The highest BCUT2D eigenvalue weighted by Crippen LogP contribution is 2.36. The number of benzene rings is 3. The molecule has 0 aliphatic carbocycles. The minimum absolute atomic E-state index is 1.16. The predicted octanol–water partition coefficient (Wildman–Crippen LogP) is 5.77. The second kappa shape index (κ2) is 4.95. The van der Waals surface area contributed by atoms with Gasteiger partial charge in [0.2, 0.25) is 0 Å². The summed E-state index contributed by atoms with van der Waals surface area (Å²) in [5, 5.41) is 2.31. The highest BCUT2D eigenvalue weighted by molar-refractivity contribution is 6.04. The van der Waals surface area contributed by atoms with Gasteiger partial charge in [0.1, 0.15) is 0 Å². The van der Waals surface area contributed by atoms with Crippen molar-refractivity contribution < 1.29 is 4.42 Å². The first-order chi connectivity index (χ1) is 10.4. The van der Waals surface area contributed by atoms with Crippen molar-refractivity contribution in [2.45, 2.75) is 0 Å². The van der Waals surface area contributed by atoms with E-state index in [1.165, 1.54) is 22.3 Å². The van der Waals surface area contributed by atoms with Crippen LogP contribution in [0.5, 0.6) is 0 Å². The average Bonchev–Trinajstić information content (AvgIpc) is 3.05. The molecule has 0 bridgehead atoms. The maximum Gasteiger partial charge on any atom is 0.0987 e. The lowest BCUT2D eigenvalue weighted by molar-refractivity contribution is 0.572. The molecule has 0 atom stereocenters. The van der Waals surface area contributed by atoms with Crippen LogP contribution in [0, 0.1) is 0 Å². The van der Waals surface area contributed by atoms with E-state index in [4.69, 9.17) is 4.42 Å². The molecule has 0 unspecified atom stereocenters. The normalized spacial score (nSPS) is 10.9. The quantitative estimate of drug-likeness (QED) is 0.451. The van der Waals surface area contributed by atoms with Crippen molar-refractivity contribution in [3.05, 3.63) is 85.3 Å². The Morgan fingerprint density at radius 1 is 0.476 bits per heavy atom. The SMILES string of the molecule is c1ccc(-c2ccc(-c3ccccc3)c3cocc23)cc1. The lowest BCUT2D eigenvalue weighted by Gasteiger charge is -2.08. The van der Waals surface area contributed by atoms with Gasteiger partial charge in [0.25, 0.3) is 0 Å². The Kier molecular flexibility index (Phi) is 2.82. The highest BCUT2D eigenvalue weighted by atomic mass is 16.3. The molecule has 0 amide bonds. The van der Waals surface area contributed by atoms with Gasteiger partial charge in [-0.1, -0.05) is 72.8 Å². The number of hydrogen-bond donors (Lipinski definition) is 0. The van der Waals surface area contributed by atoms with Crippen LogP contribution in [0.4, 0.5) is 0 Å². The fourth-order valence-electron chi connectivity index (χ4n) is 2.80. The van der Waals surface area contributed by atoms with Crippen molar-refractivity contribution in [1.29, 1.82) is 0 Å². The molecule has 0 fully saturated rings. The van der Waals surface area contributed by atoms with Crippen molar-refractivity contribution in [2.24, 2.45) is 0 Å². The monoisotopic (exact) mass is 270 g/mol. The Morgan fingerprint density at radius 2 is 0.905 bits per heavy atom. The zero-order valence-corrected chi connectivity index (χ0v) is 11.5. The molecule has 1 heterocycles. The zero-order chi connectivity index (χ0) is 14.1. The Hall–Kier alpha value is -2.80. The van der Waals surface area contributed by atoms with E-state index in [0.29, 0.717) is 0 Å². The third-order valence-electron chi connectivity index (χ3n) is 3.83. The number of hydrogen-bond acceptors (Lipinski definition) is 1. The minimum atomic E-state index is 1.16. The number of rotatable bonds is 2. The molecule has 21 heavy (non-hydrogen) atoms. The van der Waals surface area contributed by atoms with Crippen molar-refractivity contribution in [3.63, 3.8) is 0 Å². The first-order valence-electron chi connectivity index (χ1n) is 7.03. The molecule has 0 spiro atoms. The van der Waals surface area contributed by atoms with Gasteiger partial charge >= 0.3 is 0 Å². The molecule has 0 aliphatic rings. The van der Waals surface area contributed by atoms with E-state index < -0.39 is 0 Å². The van der Waals surface area contributed by atoms with Crippen molar-refractivity contribution in [2.75, 3.05) is 0 Å². The fourth-order valence-corrected chi connectivity index (χ4v) is 2.80. The molecule has 3 aromatic carbocycles. The first-order valence-corrected chi connectivity index (χ1v) is 7.03. The maximum absolute atomic E-state index is 5.49. The van der Waals surface area contributed by atoms with Crippen LogP contribution in [-0.2, 0) is 0 Å². The van der Waals surface area contributed by atoms with Gasteiger partial charge in [-0.2, -0.15) is 0 Å². The topological polar surface area (TPSA) is 13.1 Å². The van der Waals surface area contributed by atoms with Crippen molar-refractivity contribution in [3.8, 4) is 22.3 Å². The molecule has 1 nitrogen and oxygen atoms in total. The number of furan rings is 1. The molecule has 0 radical (unpaired) electrons. The van der Waals surface area contributed by atoms with Crippen molar-refractivity contribution in [1.82, 2.24) is 0 Å². The average molecular weight is 270 g/mol. The Balaban J connectivity index is 1.97.